The fraction of sp³-hybridized carbons (Fsp3) is 1.00. The number of hydrogen-bond donors (Lipinski definition) is 2. The van der Waals surface area contributed by atoms with Gasteiger partial charge in [0.1, 0.15) is 5.67 Å². The monoisotopic (exact) mass is 231 g/mol. The Morgan fingerprint density at radius 2 is 1.81 bits per heavy atom. The number of hydrogen-bond acceptors (Lipinski definition) is 2. The predicted octanol–water partition coefficient (Wildman–Crippen LogP) is 2.64. The van der Waals surface area contributed by atoms with Crippen molar-refractivity contribution < 1.29 is 9.50 Å². The standard InChI is InChI=1S/C13H26FNO/c1-12(2,8-13(3,4)14)9-5-6-10(15)11(16)7-9/h9-11,16H,5-8,15H2,1-4H3. The van der Waals surface area contributed by atoms with Crippen molar-refractivity contribution in [2.75, 3.05) is 0 Å². The fourth-order valence-corrected chi connectivity index (χ4v) is 3.11. The topological polar surface area (TPSA) is 46.2 Å². The van der Waals surface area contributed by atoms with Gasteiger partial charge < -0.3 is 10.8 Å². The summed E-state index contributed by atoms with van der Waals surface area (Å²) in [5.41, 5.74) is 4.57. The van der Waals surface area contributed by atoms with Crippen LogP contribution in [-0.2, 0) is 0 Å². The van der Waals surface area contributed by atoms with Gasteiger partial charge in [-0.2, -0.15) is 0 Å². The first-order valence-electron chi connectivity index (χ1n) is 6.24. The second kappa shape index (κ2) is 4.61. The third-order valence-electron chi connectivity index (χ3n) is 3.85. The molecule has 3 N–H and O–H groups in total. The summed E-state index contributed by atoms with van der Waals surface area (Å²) in [6.45, 7) is 7.45. The smallest absolute Gasteiger partial charge is 0.106 e. The lowest BCUT2D eigenvalue weighted by Gasteiger charge is -2.42. The van der Waals surface area contributed by atoms with Crippen molar-refractivity contribution in [3.05, 3.63) is 0 Å². The van der Waals surface area contributed by atoms with Gasteiger partial charge in [-0.05, 0) is 50.9 Å². The van der Waals surface area contributed by atoms with E-state index in [0.29, 0.717) is 18.8 Å². The summed E-state index contributed by atoms with van der Waals surface area (Å²) in [4.78, 5) is 0. The lowest BCUT2D eigenvalue weighted by atomic mass is 9.66. The number of rotatable bonds is 3. The van der Waals surface area contributed by atoms with E-state index >= 15 is 0 Å². The Balaban J connectivity index is 2.62. The Bertz CT molecular complexity index is 235. The van der Waals surface area contributed by atoms with E-state index in [1.54, 1.807) is 13.8 Å². The molecule has 3 atom stereocenters. The number of halogens is 1. The van der Waals surface area contributed by atoms with Gasteiger partial charge in [0.2, 0.25) is 0 Å². The van der Waals surface area contributed by atoms with E-state index in [9.17, 15) is 9.50 Å². The SMILES string of the molecule is CC(C)(F)CC(C)(C)C1CCC(N)C(O)C1. The number of nitrogens with two attached hydrogens (primary N) is 1. The third-order valence-corrected chi connectivity index (χ3v) is 3.85. The van der Waals surface area contributed by atoms with Crippen molar-refractivity contribution in [3.8, 4) is 0 Å². The van der Waals surface area contributed by atoms with E-state index in [1.165, 1.54) is 0 Å². The Labute approximate surface area is 98.4 Å². The Morgan fingerprint density at radius 3 is 2.25 bits per heavy atom. The summed E-state index contributed by atoms with van der Waals surface area (Å²) in [5, 5.41) is 9.79. The van der Waals surface area contributed by atoms with Crippen LogP contribution in [0.15, 0.2) is 0 Å². The third kappa shape index (κ3) is 3.70. The molecule has 0 radical (unpaired) electrons. The summed E-state index contributed by atoms with van der Waals surface area (Å²) in [6.07, 6.45) is 2.68. The molecule has 0 aromatic heterocycles. The molecule has 0 amide bonds. The van der Waals surface area contributed by atoms with Crippen LogP contribution in [0, 0.1) is 11.3 Å². The van der Waals surface area contributed by atoms with Crippen LogP contribution in [0.5, 0.6) is 0 Å². The highest BCUT2D eigenvalue weighted by atomic mass is 19.1. The average Bonchev–Trinajstić information content (AvgIpc) is 2.05. The zero-order chi connectivity index (χ0) is 12.6. The highest BCUT2D eigenvalue weighted by molar-refractivity contribution is 4.91. The summed E-state index contributed by atoms with van der Waals surface area (Å²) in [5.74, 6) is 0.373. The van der Waals surface area contributed by atoms with E-state index in [1.807, 2.05) is 0 Å². The molecule has 2 nitrogen and oxygen atoms in total. The molecule has 1 aliphatic rings. The minimum atomic E-state index is -1.14. The molecule has 1 saturated carbocycles. The highest BCUT2D eigenvalue weighted by Crippen LogP contribution is 2.43. The van der Waals surface area contributed by atoms with Crippen molar-refractivity contribution >= 4 is 0 Å². The van der Waals surface area contributed by atoms with Crippen molar-refractivity contribution in [2.45, 2.75) is 71.2 Å². The van der Waals surface area contributed by atoms with Gasteiger partial charge >= 0.3 is 0 Å². The van der Waals surface area contributed by atoms with Crippen LogP contribution >= 0.6 is 0 Å². The molecule has 0 aromatic carbocycles. The summed E-state index contributed by atoms with van der Waals surface area (Å²) in [6, 6.07) is -0.0922. The average molecular weight is 231 g/mol. The highest BCUT2D eigenvalue weighted by Gasteiger charge is 2.39. The molecule has 0 aliphatic heterocycles. The molecule has 1 rings (SSSR count). The molecule has 0 heterocycles. The quantitative estimate of drug-likeness (QED) is 0.784. The van der Waals surface area contributed by atoms with Gasteiger partial charge in [0.05, 0.1) is 6.10 Å². The van der Waals surface area contributed by atoms with Crippen LogP contribution in [0.2, 0.25) is 0 Å². The van der Waals surface area contributed by atoms with Crippen molar-refractivity contribution in [3.63, 3.8) is 0 Å². The number of aliphatic hydroxyl groups is 1. The lowest BCUT2D eigenvalue weighted by Crippen LogP contribution is -2.44. The first kappa shape index (κ1) is 13.9. The zero-order valence-corrected chi connectivity index (χ0v) is 11.0. The van der Waals surface area contributed by atoms with Crippen LogP contribution in [0.25, 0.3) is 0 Å². The van der Waals surface area contributed by atoms with Gasteiger partial charge in [-0.1, -0.05) is 13.8 Å². The molecule has 3 heteroatoms. The zero-order valence-electron chi connectivity index (χ0n) is 11.0. The molecule has 0 bridgehead atoms. The van der Waals surface area contributed by atoms with E-state index in [2.05, 4.69) is 13.8 Å². The number of aliphatic hydroxyl groups excluding tert-OH is 1. The molecular formula is C13H26FNO. The molecule has 0 aromatic rings. The molecule has 96 valence electrons. The Hall–Kier alpha value is -0.150. The van der Waals surface area contributed by atoms with Crippen LogP contribution in [0.4, 0.5) is 4.39 Å². The Morgan fingerprint density at radius 1 is 1.25 bits per heavy atom. The van der Waals surface area contributed by atoms with E-state index in [-0.39, 0.29) is 11.5 Å². The van der Waals surface area contributed by atoms with Gasteiger partial charge in [0, 0.05) is 6.04 Å². The minimum Gasteiger partial charge on any atom is -0.392 e. The second-order valence-corrected chi connectivity index (χ2v) is 6.63. The Kier molecular flexibility index (Phi) is 4.01. The van der Waals surface area contributed by atoms with Crippen LogP contribution in [0.3, 0.4) is 0 Å². The summed E-state index contributed by atoms with van der Waals surface area (Å²) >= 11 is 0. The molecule has 1 fully saturated rings. The molecule has 1 aliphatic carbocycles. The minimum absolute atomic E-state index is 0.0701. The second-order valence-electron chi connectivity index (χ2n) is 6.63. The molecule has 16 heavy (non-hydrogen) atoms. The van der Waals surface area contributed by atoms with Crippen LogP contribution in [-0.4, -0.2) is 22.9 Å². The van der Waals surface area contributed by atoms with Gasteiger partial charge in [0.25, 0.3) is 0 Å². The molecular weight excluding hydrogens is 205 g/mol. The maximum atomic E-state index is 13.7. The molecule has 0 saturated heterocycles. The fourth-order valence-electron chi connectivity index (χ4n) is 3.11. The van der Waals surface area contributed by atoms with Gasteiger partial charge in [-0.25, -0.2) is 4.39 Å². The summed E-state index contributed by atoms with van der Waals surface area (Å²) in [7, 11) is 0. The largest absolute Gasteiger partial charge is 0.392 e. The van der Waals surface area contributed by atoms with Crippen molar-refractivity contribution in [1.82, 2.24) is 0 Å². The first-order valence-corrected chi connectivity index (χ1v) is 6.24. The van der Waals surface area contributed by atoms with E-state index in [0.717, 1.165) is 12.8 Å². The predicted molar refractivity (Wildman–Crippen MR) is 64.9 cm³/mol. The van der Waals surface area contributed by atoms with E-state index < -0.39 is 11.8 Å². The molecule has 3 unspecified atom stereocenters. The van der Waals surface area contributed by atoms with Crippen LogP contribution < -0.4 is 5.73 Å². The maximum absolute atomic E-state index is 13.7. The molecule has 0 spiro atoms. The van der Waals surface area contributed by atoms with Crippen LogP contribution in [0.1, 0.15) is 53.4 Å². The lowest BCUT2D eigenvalue weighted by molar-refractivity contribution is 0.0105. The summed E-state index contributed by atoms with van der Waals surface area (Å²) < 4.78 is 13.7. The van der Waals surface area contributed by atoms with Gasteiger partial charge in [0.15, 0.2) is 0 Å². The van der Waals surface area contributed by atoms with Gasteiger partial charge in [-0.15, -0.1) is 0 Å². The van der Waals surface area contributed by atoms with Crippen molar-refractivity contribution in [1.29, 1.82) is 0 Å². The maximum Gasteiger partial charge on any atom is 0.106 e. The van der Waals surface area contributed by atoms with E-state index in [4.69, 9.17) is 5.73 Å². The first-order chi connectivity index (χ1) is 7.12. The van der Waals surface area contributed by atoms with Gasteiger partial charge in [-0.3, -0.25) is 0 Å². The van der Waals surface area contributed by atoms with Crippen molar-refractivity contribution in [2.24, 2.45) is 17.1 Å². The normalized spacial score (nSPS) is 32.8. The number of alkyl halides is 1.